The van der Waals surface area contributed by atoms with Crippen molar-refractivity contribution in [1.82, 2.24) is 9.88 Å². The molecule has 3 rings (SSSR count). The molecule has 0 amide bonds. The average Bonchev–Trinajstić information content (AvgIpc) is 2.68. The predicted molar refractivity (Wildman–Crippen MR) is 91.2 cm³/mol. The summed E-state index contributed by atoms with van der Waals surface area (Å²) in [6.45, 7) is 4.28. The van der Waals surface area contributed by atoms with Gasteiger partial charge in [-0.2, -0.15) is 15.8 Å². The minimum absolute atomic E-state index is 0.0641. The van der Waals surface area contributed by atoms with Crippen LogP contribution in [-0.2, 0) is 0 Å². The molecule has 1 aliphatic heterocycles. The summed E-state index contributed by atoms with van der Waals surface area (Å²) in [6, 6.07) is 10.1. The molecule has 2 N–H and O–H groups in total. The van der Waals surface area contributed by atoms with Gasteiger partial charge in [-0.05, 0) is 29.8 Å². The monoisotopic (exact) mass is 330 g/mol. The minimum Gasteiger partial charge on any atom is -0.399 e. The van der Waals surface area contributed by atoms with Crippen molar-refractivity contribution in [2.24, 2.45) is 17.1 Å². The highest BCUT2D eigenvalue weighted by molar-refractivity contribution is 5.58. The van der Waals surface area contributed by atoms with E-state index in [0.717, 1.165) is 17.7 Å². The van der Waals surface area contributed by atoms with Gasteiger partial charge in [0, 0.05) is 37.3 Å². The van der Waals surface area contributed by atoms with E-state index in [-0.39, 0.29) is 17.5 Å². The number of nitriles is 3. The Morgan fingerprint density at radius 1 is 1.28 bits per heavy atom. The molecule has 2 heterocycles. The molecule has 0 spiro atoms. The summed E-state index contributed by atoms with van der Waals surface area (Å²) in [4.78, 5) is 6.28. The minimum atomic E-state index is -1.56. The van der Waals surface area contributed by atoms with E-state index in [1.54, 1.807) is 12.4 Å². The van der Waals surface area contributed by atoms with Crippen LogP contribution in [-0.4, -0.2) is 29.5 Å². The zero-order valence-electron chi connectivity index (χ0n) is 14.0. The van der Waals surface area contributed by atoms with Crippen molar-refractivity contribution in [3.63, 3.8) is 0 Å². The second-order valence-corrected chi connectivity index (χ2v) is 6.29. The van der Waals surface area contributed by atoms with Crippen LogP contribution in [0.4, 0.5) is 0 Å². The summed E-state index contributed by atoms with van der Waals surface area (Å²) in [6.07, 6.45) is 5.31. The highest BCUT2D eigenvalue weighted by atomic mass is 15.1. The lowest BCUT2D eigenvalue weighted by molar-refractivity contribution is 0.234. The zero-order valence-corrected chi connectivity index (χ0v) is 14.0. The van der Waals surface area contributed by atoms with Crippen molar-refractivity contribution in [3.8, 4) is 18.2 Å². The molecule has 1 aromatic rings. The summed E-state index contributed by atoms with van der Waals surface area (Å²) in [5.74, 6) is -0.416. The van der Waals surface area contributed by atoms with E-state index >= 15 is 0 Å². The van der Waals surface area contributed by atoms with Gasteiger partial charge in [0.15, 0.2) is 0 Å². The molecule has 0 aromatic carbocycles. The third kappa shape index (κ3) is 2.38. The lowest BCUT2D eigenvalue weighted by Crippen LogP contribution is -2.47. The number of allylic oxidation sites excluding steroid dienone is 2. The quantitative estimate of drug-likeness (QED) is 0.827. The molecule has 6 nitrogen and oxygen atoms in total. The smallest absolute Gasteiger partial charge is 0.204 e. The molecule has 2 aliphatic rings. The average molecular weight is 330 g/mol. The Kier molecular flexibility index (Phi) is 4.28. The summed E-state index contributed by atoms with van der Waals surface area (Å²) in [5, 5.41) is 29.3. The molecular formula is C19H18N6. The molecule has 25 heavy (non-hydrogen) atoms. The first-order valence-corrected chi connectivity index (χ1v) is 8.18. The van der Waals surface area contributed by atoms with Crippen molar-refractivity contribution in [2.75, 3.05) is 19.6 Å². The molecule has 0 fully saturated rings. The predicted octanol–water partition coefficient (Wildman–Crippen LogP) is 1.83. The number of hydrogen-bond acceptors (Lipinski definition) is 6. The van der Waals surface area contributed by atoms with Gasteiger partial charge < -0.3 is 5.73 Å². The van der Waals surface area contributed by atoms with Gasteiger partial charge >= 0.3 is 0 Å². The van der Waals surface area contributed by atoms with Gasteiger partial charge in [0.1, 0.15) is 0 Å². The van der Waals surface area contributed by atoms with Crippen molar-refractivity contribution in [2.45, 2.75) is 12.8 Å². The van der Waals surface area contributed by atoms with E-state index in [4.69, 9.17) is 5.73 Å². The fourth-order valence-corrected chi connectivity index (χ4v) is 3.90. The van der Waals surface area contributed by atoms with E-state index in [9.17, 15) is 15.8 Å². The van der Waals surface area contributed by atoms with E-state index in [0.29, 0.717) is 18.7 Å². The normalized spacial score (nSPS) is 25.1. The number of likely N-dealkylation sites (N-methyl/N-ethyl adjacent to an activating group) is 1. The van der Waals surface area contributed by atoms with Crippen LogP contribution in [0.1, 0.15) is 18.4 Å². The maximum atomic E-state index is 9.78. The van der Waals surface area contributed by atoms with Crippen LogP contribution in [0.15, 0.2) is 47.4 Å². The molecule has 0 saturated carbocycles. The largest absolute Gasteiger partial charge is 0.399 e. The molecule has 0 radical (unpaired) electrons. The lowest BCUT2D eigenvalue weighted by Gasteiger charge is -2.44. The van der Waals surface area contributed by atoms with Crippen LogP contribution in [0.5, 0.6) is 0 Å². The van der Waals surface area contributed by atoms with Crippen LogP contribution in [0.3, 0.4) is 0 Å². The summed E-state index contributed by atoms with van der Waals surface area (Å²) < 4.78 is 0. The van der Waals surface area contributed by atoms with Gasteiger partial charge in [-0.1, -0.05) is 13.0 Å². The molecule has 124 valence electrons. The van der Waals surface area contributed by atoms with Gasteiger partial charge in [0.25, 0.3) is 0 Å². The Hall–Kier alpha value is -3.14. The number of aromatic nitrogens is 1. The maximum absolute atomic E-state index is 9.78. The van der Waals surface area contributed by atoms with Crippen LogP contribution in [0.2, 0.25) is 0 Å². The fraction of sp³-hybridized carbons (Fsp3) is 0.368. The van der Waals surface area contributed by atoms with Crippen LogP contribution >= 0.6 is 0 Å². The molecule has 0 saturated heterocycles. The Labute approximate surface area is 147 Å². The first-order valence-electron chi connectivity index (χ1n) is 8.18. The van der Waals surface area contributed by atoms with Crippen molar-refractivity contribution < 1.29 is 0 Å². The third-order valence-electron chi connectivity index (χ3n) is 5.23. The standard InChI is InChI=1S/C19H18N6/c1-2-25-8-5-16-15(10-25)17(13-3-6-24-7-4-13)14(9-20)18(23)19(16,11-21)12-22/h3-7,15,17H,2,8,10,23H2,1H3/t15-,17+/m1/s1. The Balaban J connectivity index is 2.29. The van der Waals surface area contributed by atoms with Crippen molar-refractivity contribution in [3.05, 3.63) is 53.0 Å². The Morgan fingerprint density at radius 3 is 2.52 bits per heavy atom. The number of pyridine rings is 1. The van der Waals surface area contributed by atoms with E-state index < -0.39 is 5.41 Å². The molecule has 2 atom stereocenters. The van der Waals surface area contributed by atoms with E-state index in [2.05, 4.69) is 35.0 Å². The van der Waals surface area contributed by atoms with Gasteiger partial charge in [-0.25, -0.2) is 0 Å². The van der Waals surface area contributed by atoms with E-state index in [1.165, 1.54) is 0 Å². The number of fused-ring (bicyclic) bond motifs is 1. The summed E-state index contributed by atoms with van der Waals surface area (Å²) >= 11 is 0. The van der Waals surface area contributed by atoms with Gasteiger partial charge in [0.2, 0.25) is 5.41 Å². The third-order valence-corrected chi connectivity index (χ3v) is 5.23. The molecule has 0 unspecified atom stereocenters. The van der Waals surface area contributed by atoms with Crippen LogP contribution < -0.4 is 5.73 Å². The van der Waals surface area contributed by atoms with Crippen LogP contribution in [0, 0.1) is 45.3 Å². The number of nitrogens with two attached hydrogens (primary N) is 1. The second kappa shape index (κ2) is 6.40. The van der Waals surface area contributed by atoms with Crippen LogP contribution in [0.25, 0.3) is 0 Å². The van der Waals surface area contributed by atoms with Crippen molar-refractivity contribution in [1.29, 1.82) is 15.8 Å². The number of rotatable bonds is 2. The second-order valence-electron chi connectivity index (χ2n) is 6.29. The summed E-state index contributed by atoms with van der Waals surface area (Å²) in [7, 11) is 0. The molecule has 1 aromatic heterocycles. The molecule has 6 heteroatoms. The maximum Gasteiger partial charge on any atom is 0.204 e. The highest BCUT2D eigenvalue weighted by Crippen LogP contribution is 2.52. The first-order chi connectivity index (χ1) is 12.1. The number of nitrogens with zero attached hydrogens (tertiary/aromatic N) is 5. The SMILES string of the molecule is CCN1CC=C2[C@@H](C1)[C@@H](c1ccncc1)C(C#N)=C(N)C2(C#N)C#N. The Morgan fingerprint density at radius 2 is 1.96 bits per heavy atom. The highest BCUT2D eigenvalue weighted by Gasteiger charge is 2.52. The fourth-order valence-electron chi connectivity index (χ4n) is 3.90. The topological polar surface area (TPSA) is 114 Å². The Bertz CT molecular complexity index is 848. The van der Waals surface area contributed by atoms with Gasteiger partial charge in [-0.15, -0.1) is 0 Å². The molecule has 0 bridgehead atoms. The van der Waals surface area contributed by atoms with E-state index in [1.807, 2.05) is 18.2 Å². The summed E-state index contributed by atoms with van der Waals surface area (Å²) in [5.41, 5.74) is 6.70. The van der Waals surface area contributed by atoms with Gasteiger partial charge in [0.05, 0.1) is 29.5 Å². The lowest BCUT2D eigenvalue weighted by atomic mass is 9.60. The van der Waals surface area contributed by atoms with Gasteiger partial charge in [-0.3, -0.25) is 9.88 Å². The number of hydrogen-bond donors (Lipinski definition) is 1. The molecule has 1 aliphatic carbocycles. The van der Waals surface area contributed by atoms with Crippen molar-refractivity contribution >= 4 is 0 Å². The first kappa shape index (κ1) is 16.7. The zero-order chi connectivity index (χ0) is 18.0. The molecular weight excluding hydrogens is 312 g/mol.